The van der Waals surface area contributed by atoms with E-state index in [1.165, 1.54) is 0 Å². The summed E-state index contributed by atoms with van der Waals surface area (Å²) >= 11 is 0. The molecule has 0 bridgehead atoms. The maximum absolute atomic E-state index is 12.8. The third kappa shape index (κ3) is 8.98. The molecule has 8 heteroatoms. The number of amides is 2. The first-order valence-electron chi connectivity index (χ1n) is 9.78. The zero-order valence-electron chi connectivity index (χ0n) is 18.2. The molecular weight excluding hydrogens is 388 g/mol. The minimum atomic E-state index is -1.14. The van der Waals surface area contributed by atoms with E-state index in [2.05, 4.69) is 17.2 Å². The van der Waals surface area contributed by atoms with E-state index in [0.29, 0.717) is 12.4 Å². The second kappa shape index (κ2) is 11.2. The lowest BCUT2D eigenvalue weighted by atomic mass is 10.0. The summed E-state index contributed by atoms with van der Waals surface area (Å²) in [5, 5.41) is 14.4. The molecule has 0 saturated carbocycles. The van der Waals surface area contributed by atoms with Gasteiger partial charge in [-0.3, -0.25) is 4.79 Å². The van der Waals surface area contributed by atoms with E-state index < -0.39 is 35.7 Å². The van der Waals surface area contributed by atoms with Gasteiger partial charge >= 0.3 is 12.1 Å². The van der Waals surface area contributed by atoms with Crippen molar-refractivity contribution in [1.29, 1.82) is 0 Å². The number of aliphatic carboxylic acids is 1. The van der Waals surface area contributed by atoms with Crippen molar-refractivity contribution in [3.05, 3.63) is 42.5 Å². The molecule has 1 rings (SSSR count). The number of benzene rings is 1. The first-order chi connectivity index (χ1) is 13.9. The fraction of sp³-hybridized carbons (Fsp3) is 0.500. The standard InChI is InChI=1S/C22H32N2O6/c1-7-12-29-16-10-8-15(9-11-16)13-17(23-21(28)30-22(4,5)6)19(25)24-18(14(2)3)20(26)27/h7-11,14,17-18H,1,12-13H2,2-6H3,(H,23,28)(H,24,25)(H,26,27). The summed E-state index contributed by atoms with van der Waals surface area (Å²) in [6.45, 7) is 12.5. The van der Waals surface area contributed by atoms with E-state index in [9.17, 15) is 19.5 Å². The van der Waals surface area contributed by atoms with Crippen molar-refractivity contribution >= 4 is 18.0 Å². The number of carboxylic acids is 1. The molecule has 2 amide bonds. The van der Waals surface area contributed by atoms with Gasteiger partial charge in [-0.1, -0.05) is 38.6 Å². The molecule has 0 aliphatic heterocycles. The summed E-state index contributed by atoms with van der Waals surface area (Å²) in [4.78, 5) is 36.5. The van der Waals surface area contributed by atoms with Crippen LogP contribution in [0.5, 0.6) is 5.75 Å². The zero-order valence-corrected chi connectivity index (χ0v) is 18.2. The van der Waals surface area contributed by atoms with Gasteiger partial charge < -0.3 is 25.2 Å². The van der Waals surface area contributed by atoms with E-state index >= 15 is 0 Å². The normalized spacial score (nSPS) is 13.1. The van der Waals surface area contributed by atoms with Crippen LogP contribution in [0.1, 0.15) is 40.2 Å². The van der Waals surface area contributed by atoms with Crippen molar-refractivity contribution in [2.45, 2.75) is 58.7 Å². The summed E-state index contributed by atoms with van der Waals surface area (Å²) in [6, 6.07) is 4.94. The van der Waals surface area contributed by atoms with Crippen LogP contribution in [-0.2, 0) is 20.7 Å². The van der Waals surface area contributed by atoms with Gasteiger partial charge in [0.05, 0.1) is 0 Å². The lowest BCUT2D eigenvalue weighted by Crippen LogP contribution is -2.54. The minimum absolute atomic E-state index is 0.150. The topological polar surface area (TPSA) is 114 Å². The number of rotatable bonds is 10. The summed E-state index contributed by atoms with van der Waals surface area (Å²) in [5.74, 6) is -1.42. The maximum atomic E-state index is 12.8. The number of ether oxygens (including phenoxy) is 2. The number of hydrogen-bond acceptors (Lipinski definition) is 5. The van der Waals surface area contributed by atoms with Gasteiger partial charge in [0.25, 0.3) is 0 Å². The maximum Gasteiger partial charge on any atom is 0.408 e. The van der Waals surface area contributed by atoms with Crippen LogP contribution in [0.25, 0.3) is 0 Å². The van der Waals surface area contributed by atoms with Crippen molar-refractivity contribution in [2.75, 3.05) is 6.61 Å². The number of carbonyl (C=O) groups is 3. The Hall–Kier alpha value is -3.03. The second-order valence-electron chi connectivity index (χ2n) is 8.22. The number of hydrogen-bond donors (Lipinski definition) is 3. The molecule has 2 atom stereocenters. The molecule has 166 valence electrons. The van der Waals surface area contributed by atoms with Crippen molar-refractivity contribution in [1.82, 2.24) is 10.6 Å². The lowest BCUT2D eigenvalue weighted by Gasteiger charge is -2.25. The fourth-order valence-electron chi connectivity index (χ4n) is 2.54. The van der Waals surface area contributed by atoms with Crippen LogP contribution in [0.3, 0.4) is 0 Å². The molecule has 0 aliphatic rings. The van der Waals surface area contributed by atoms with Gasteiger partial charge in [-0.25, -0.2) is 9.59 Å². The Morgan fingerprint density at radius 2 is 1.73 bits per heavy atom. The first kappa shape index (κ1) is 25.0. The predicted molar refractivity (Wildman–Crippen MR) is 113 cm³/mol. The molecule has 1 aromatic carbocycles. The lowest BCUT2D eigenvalue weighted by molar-refractivity contribution is -0.143. The van der Waals surface area contributed by atoms with Crippen molar-refractivity contribution in [3.63, 3.8) is 0 Å². The Labute approximate surface area is 177 Å². The molecule has 3 N–H and O–H groups in total. The number of carboxylic acid groups (broad SMARTS) is 1. The van der Waals surface area contributed by atoms with Gasteiger partial charge in [0, 0.05) is 6.42 Å². The number of carbonyl (C=O) groups excluding carboxylic acids is 2. The van der Waals surface area contributed by atoms with Crippen molar-refractivity contribution in [2.24, 2.45) is 5.92 Å². The van der Waals surface area contributed by atoms with Crippen LogP contribution in [-0.4, -0.2) is 47.4 Å². The Morgan fingerprint density at radius 1 is 1.13 bits per heavy atom. The van der Waals surface area contributed by atoms with Crippen LogP contribution < -0.4 is 15.4 Å². The highest BCUT2D eigenvalue weighted by Gasteiger charge is 2.30. The molecule has 2 unspecified atom stereocenters. The average molecular weight is 421 g/mol. The summed E-state index contributed by atoms with van der Waals surface area (Å²) in [6.07, 6.45) is 1.02. The smallest absolute Gasteiger partial charge is 0.408 e. The Morgan fingerprint density at radius 3 is 2.20 bits per heavy atom. The van der Waals surface area contributed by atoms with Crippen LogP contribution in [0.15, 0.2) is 36.9 Å². The molecular formula is C22H32N2O6. The highest BCUT2D eigenvalue weighted by Crippen LogP contribution is 2.15. The molecule has 0 heterocycles. The van der Waals surface area contributed by atoms with E-state index in [0.717, 1.165) is 5.56 Å². The van der Waals surface area contributed by atoms with E-state index in [1.54, 1.807) is 65.0 Å². The Kier molecular flexibility index (Phi) is 9.36. The first-order valence-corrected chi connectivity index (χ1v) is 9.78. The van der Waals surface area contributed by atoms with Gasteiger partial charge in [0.15, 0.2) is 0 Å². The van der Waals surface area contributed by atoms with Gasteiger partial charge in [0.2, 0.25) is 5.91 Å². The average Bonchev–Trinajstić information content (AvgIpc) is 2.62. The van der Waals surface area contributed by atoms with Crippen molar-refractivity contribution in [3.8, 4) is 5.75 Å². The van der Waals surface area contributed by atoms with Crippen LogP contribution >= 0.6 is 0 Å². The second-order valence-corrected chi connectivity index (χ2v) is 8.22. The molecule has 30 heavy (non-hydrogen) atoms. The quantitative estimate of drug-likeness (QED) is 0.502. The van der Waals surface area contributed by atoms with Gasteiger partial charge in [-0.05, 0) is 44.4 Å². The molecule has 0 spiro atoms. The summed E-state index contributed by atoms with van der Waals surface area (Å²) < 4.78 is 10.7. The zero-order chi connectivity index (χ0) is 22.9. The highest BCUT2D eigenvalue weighted by atomic mass is 16.6. The SMILES string of the molecule is C=CCOc1ccc(CC(NC(=O)OC(C)(C)C)C(=O)NC(C(=O)O)C(C)C)cc1. The van der Waals surface area contributed by atoms with Crippen LogP contribution in [0.4, 0.5) is 4.79 Å². The molecule has 0 fully saturated rings. The van der Waals surface area contributed by atoms with E-state index in [4.69, 9.17) is 9.47 Å². The third-order valence-corrected chi connectivity index (χ3v) is 3.97. The summed E-state index contributed by atoms with van der Waals surface area (Å²) in [7, 11) is 0. The van der Waals surface area contributed by atoms with Crippen molar-refractivity contribution < 1.29 is 29.0 Å². The highest BCUT2D eigenvalue weighted by molar-refractivity contribution is 5.89. The molecule has 0 radical (unpaired) electrons. The van der Waals surface area contributed by atoms with Crippen LogP contribution in [0, 0.1) is 5.92 Å². The number of nitrogens with one attached hydrogen (secondary N) is 2. The minimum Gasteiger partial charge on any atom is -0.490 e. The van der Waals surface area contributed by atoms with Crippen LogP contribution in [0.2, 0.25) is 0 Å². The molecule has 1 aromatic rings. The van der Waals surface area contributed by atoms with Gasteiger partial charge in [-0.15, -0.1) is 0 Å². The molecule has 8 nitrogen and oxygen atoms in total. The van der Waals surface area contributed by atoms with Gasteiger partial charge in [-0.2, -0.15) is 0 Å². The monoisotopic (exact) mass is 420 g/mol. The molecule has 0 saturated heterocycles. The predicted octanol–water partition coefficient (Wildman–Crippen LogP) is 2.91. The Bertz CT molecular complexity index is 737. The largest absolute Gasteiger partial charge is 0.490 e. The third-order valence-electron chi connectivity index (χ3n) is 3.97. The molecule has 0 aromatic heterocycles. The fourth-order valence-corrected chi connectivity index (χ4v) is 2.54. The van der Waals surface area contributed by atoms with E-state index in [1.807, 2.05) is 0 Å². The molecule has 0 aliphatic carbocycles. The summed E-state index contributed by atoms with van der Waals surface area (Å²) in [5.41, 5.74) is 0.0186. The van der Waals surface area contributed by atoms with Gasteiger partial charge in [0.1, 0.15) is 30.0 Å². The van der Waals surface area contributed by atoms with E-state index in [-0.39, 0.29) is 12.3 Å². The Balaban J connectivity index is 2.98. The number of alkyl carbamates (subject to hydrolysis) is 1.